The first-order valence-electron chi connectivity index (χ1n) is 10.4. The molecule has 13 heteroatoms. The van der Waals surface area contributed by atoms with Crippen LogP contribution in [0.1, 0.15) is 17.2 Å². The van der Waals surface area contributed by atoms with Crippen LogP contribution in [0.15, 0.2) is 24.3 Å². The number of phenols is 3. The van der Waals surface area contributed by atoms with Crippen molar-refractivity contribution in [2.45, 2.75) is 49.3 Å². The lowest BCUT2D eigenvalue weighted by Crippen LogP contribution is -2.61. The summed E-state index contributed by atoms with van der Waals surface area (Å²) in [6, 6.07) is 4.87. The van der Waals surface area contributed by atoms with Gasteiger partial charge in [-0.2, -0.15) is 0 Å². The van der Waals surface area contributed by atoms with E-state index in [2.05, 4.69) is 0 Å². The molecule has 190 valence electrons. The number of hydrogen-bond acceptors (Lipinski definition) is 12. The van der Waals surface area contributed by atoms with Crippen LogP contribution in [0.2, 0.25) is 0 Å². The molecule has 0 amide bonds. The Labute approximate surface area is 197 Å². The highest BCUT2D eigenvalue weighted by molar-refractivity contribution is 5.73. The number of fused-ring (bicyclic) bond motifs is 1. The van der Waals surface area contributed by atoms with Gasteiger partial charge in [-0.25, -0.2) is 4.79 Å². The van der Waals surface area contributed by atoms with Gasteiger partial charge in [-0.15, -0.1) is 0 Å². The van der Waals surface area contributed by atoms with Gasteiger partial charge in [0.2, 0.25) is 12.0 Å². The van der Waals surface area contributed by atoms with Crippen molar-refractivity contribution in [3.63, 3.8) is 0 Å². The fourth-order valence-electron chi connectivity index (χ4n) is 4.08. The second-order valence-corrected chi connectivity index (χ2v) is 8.17. The van der Waals surface area contributed by atoms with Gasteiger partial charge in [0.15, 0.2) is 23.7 Å². The fourth-order valence-corrected chi connectivity index (χ4v) is 4.08. The Kier molecular flexibility index (Phi) is 6.53. The van der Waals surface area contributed by atoms with E-state index in [9.17, 15) is 45.6 Å². The largest absolute Gasteiger partial charge is 0.507 e. The first-order chi connectivity index (χ1) is 16.5. The smallest absolute Gasteiger partial charge is 0.335 e. The molecule has 0 radical (unpaired) electrons. The normalized spacial score (nSPS) is 30.1. The number of carboxylic acids is 1. The van der Waals surface area contributed by atoms with Crippen LogP contribution in [-0.4, -0.2) is 90.7 Å². The molecule has 8 N–H and O–H groups in total. The van der Waals surface area contributed by atoms with Crippen LogP contribution in [0.3, 0.4) is 0 Å². The summed E-state index contributed by atoms with van der Waals surface area (Å²) in [6.45, 7) is 0. The molecule has 0 aromatic heterocycles. The molecule has 7 atom stereocenters. The molecular weight excluding hydrogens is 472 g/mol. The van der Waals surface area contributed by atoms with Crippen molar-refractivity contribution in [3.8, 4) is 34.5 Å². The Bertz CT molecular complexity index is 1100. The topological polar surface area (TPSA) is 216 Å². The maximum atomic E-state index is 11.3. The number of benzene rings is 2. The third-order valence-corrected chi connectivity index (χ3v) is 5.85. The molecule has 2 aliphatic heterocycles. The van der Waals surface area contributed by atoms with Crippen molar-refractivity contribution in [1.82, 2.24) is 0 Å². The van der Waals surface area contributed by atoms with Crippen LogP contribution < -0.4 is 14.2 Å². The number of aliphatic hydroxyl groups is 4. The number of aromatic hydroxyl groups is 3. The number of aliphatic carboxylic acids is 1. The van der Waals surface area contributed by atoms with Crippen molar-refractivity contribution in [1.29, 1.82) is 0 Å². The van der Waals surface area contributed by atoms with Gasteiger partial charge in [0.25, 0.3) is 0 Å². The summed E-state index contributed by atoms with van der Waals surface area (Å²) in [4.78, 5) is 11.3. The summed E-state index contributed by atoms with van der Waals surface area (Å²) in [6.07, 6.45) is -11.5. The zero-order valence-electron chi connectivity index (χ0n) is 18.2. The second kappa shape index (κ2) is 9.28. The Morgan fingerprint density at radius 3 is 2.20 bits per heavy atom. The summed E-state index contributed by atoms with van der Waals surface area (Å²) < 4.78 is 21.2. The number of methoxy groups -OCH3 is 1. The molecule has 7 unspecified atom stereocenters. The van der Waals surface area contributed by atoms with Crippen molar-refractivity contribution < 1.29 is 64.6 Å². The van der Waals surface area contributed by atoms with Crippen molar-refractivity contribution in [3.05, 3.63) is 35.4 Å². The molecule has 2 aliphatic rings. The molecule has 1 saturated heterocycles. The van der Waals surface area contributed by atoms with Crippen LogP contribution in [0.25, 0.3) is 0 Å². The number of rotatable bonds is 5. The third-order valence-electron chi connectivity index (χ3n) is 5.85. The van der Waals surface area contributed by atoms with Gasteiger partial charge in [-0.05, 0) is 12.1 Å². The van der Waals surface area contributed by atoms with Crippen molar-refractivity contribution >= 4 is 5.97 Å². The minimum absolute atomic E-state index is 0.0470. The predicted molar refractivity (Wildman–Crippen MR) is 112 cm³/mol. The van der Waals surface area contributed by atoms with Crippen LogP contribution in [0.5, 0.6) is 34.5 Å². The number of carbonyl (C=O) groups is 1. The number of carboxylic acid groups (broad SMARTS) is 1. The number of ether oxygens (including phenoxy) is 4. The van der Waals surface area contributed by atoms with Crippen LogP contribution in [0.4, 0.5) is 0 Å². The van der Waals surface area contributed by atoms with Crippen LogP contribution in [0, 0.1) is 0 Å². The molecular formula is C22H24O13. The molecule has 13 nitrogen and oxygen atoms in total. The summed E-state index contributed by atoms with van der Waals surface area (Å²) in [5.41, 5.74) is 0.421. The van der Waals surface area contributed by atoms with E-state index in [-0.39, 0.29) is 52.0 Å². The van der Waals surface area contributed by atoms with E-state index in [0.717, 1.165) is 6.07 Å². The Balaban J connectivity index is 1.61. The first-order valence-corrected chi connectivity index (χ1v) is 10.4. The Morgan fingerprint density at radius 2 is 1.60 bits per heavy atom. The molecule has 4 rings (SSSR count). The lowest BCUT2D eigenvalue weighted by molar-refractivity contribution is -0.271. The summed E-state index contributed by atoms with van der Waals surface area (Å²) in [7, 11) is 1.26. The maximum absolute atomic E-state index is 11.3. The summed E-state index contributed by atoms with van der Waals surface area (Å²) in [5.74, 6) is -2.97. The first kappa shape index (κ1) is 24.6. The predicted octanol–water partition coefficient (Wildman–Crippen LogP) is -0.880. The molecule has 1 fully saturated rings. The van der Waals surface area contributed by atoms with Gasteiger partial charge in [0.05, 0.1) is 13.2 Å². The van der Waals surface area contributed by atoms with Gasteiger partial charge < -0.3 is 59.8 Å². The monoisotopic (exact) mass is 496 g/mol. The van der Waals surface area contributed by atoms with E-state index in [4.69, 9.17) is 18.9 Å². The third kappa shape index (κ3) is 4.47. The van der Waals surface area contributed by atoms with Crippen molar-refractivity contribution in [2.24, 2.45) is 0 Å². The second-order valence-electron chi connectivity index (χ2n) is 8.17. The number of hydrogen-bond donors (Lipinski definition) is 8. The lowest BCUT2D eigenvalue weighted by atomic mass is 9.93. The summed E-state index contributed by atoms with van der Waals surface area (Å²) in [5, 5.41) is 80.3. The molecule has 0 saturated carbocycles. The average Bonchev–Trinajstić information content (AvgIpc) is 2.79. The summed E-state index contributed by atoms with van der Waals surface area (Å²) >= 11 is 0. The van der Waals surface area contributed by atoms with Gasteiger partial charge in [0, 0.05) is 29.7 Å². The number of phenolic OH excluding ortho intramolecular Hbond substituents is 3. The zero-order valence-corrected chi connectivity index (χ0v) is 18.2. The minimum atomic E-state index is -1.90. The van der Waals surface area contributed by atoms with Gasteiger partial charge >= 0.3 is 5.97 Å². The molecule has 2 aromatic rings. The van der Waals surface area contributed by atoms with E-state index in [1.54, 1.807) is 0 Å². The van der Waals surface area contributed by atoms with Gasteiger partial charge in [0.1, 0.15) is 35.6 Å². The fraction of sp³-hybridized carbons (Fsp3) is 0.409. The zero-order chi connectivity index (χ0) is 25.6. The number of aliphatic hydroxyl groups excluding tert-OH is 4. The Hall–Kier alpha value is -3.49. The molecule has 35 heavy (non-hydrogen) atoms. The quantitative estimate of drug-likeness (QED) is 0.253. The van der Waals surface area contributed by atoms with E-state index < -0.39 is 48.9 Å². The van der Waals surface area contributed by atoms with E-state index in [1.165, 1.54) is 25.3 Å². The van der Waals surface area contributed by atoms with Crippen LogP contribution >= 0.6 is 0 Å². The van der Waals surface area contributed by atoms with Crippen LogP contribution in [-0.2, 0) is 16.0 Å². The lowest BCUT2D eigenvalue weighted by Gasteiger charge is -2.38. The van der Waals surface area contributed by atoms with E-state index >= 15 is 0 Å². The average molecular weight is 496 g/mol. The van der Waals surface area contributed by atoms with E-state index in [1.807, 2.05) is 0 Å². The SMILES string of the molecule is COc1c(O)cc(C2Oc3cc(OC4OC(C(=O)O)C(O)C(O)C4O)cc(O)c3CC2O)cc1O. The highest BCUT2D eigenvalue weighted by Crippen LogP contribution is 2.45. The highest BCUT2D eigenvalue weighted by Gasteiger charge is 2.48. The highest BCUT2D eigenvalue weighted by atomic mass is 16.7. The molecule has 0 spiro atoms. The molecule has 2 aromatic carbocycles. The maximum Gasteiger partial charge on any atom is 0.335 e. The molecule has 2 heterocycles. The molecule has 0 aliphatic carbocycles. The molecule has 0 bridgehead atoms. The van der Waals surface area contributed by atoms with Crippen molar-refractivity contribution in [2.75, 3.05) is 7.11 Å². The Morgan fingerprint density at radius 1 is 0.943 bits per heavy atom. The van der Waals surface area contributed by atoms with Gasteiger partial charge in [-0.1, -0.05) is 0 Å². The van der Waals surface area contributed by atoms with Gasteiger partial charge in [-0.3, -0.25) is 0 Å². The van der Waals surface area contributed by atoms with E-state index in [0.29, 0.717) is 0 Å². The standard InChI is InChI=1S/C22H24O13/c1-32-19-11(24)2-7(3-12(19)25)18-13(26)6-9-10(23)4-8(5-14(9)34-18)33-22-17(29)15(27)16(28)20(35-22)21(30)31/h2-5,13,15-18,20,22-29H,6H2,1H3,(H,30,31). The minimum Gasteiger partial charge on any atom is -0.507 e.